The van der Waals surface area contributed by atoms with Gasteiger partial charge in [-0.05, 0) is 43.5 Å². The van der Waals surface area contributed by atoms with Crippen molar-refractivity contribution in [2.75, 3.05) is 32.1 Å². The summed E-state index contributed by atoms with van der Waals surface area (Å²) in [6.07, 6.45) is -3.42. The lowest BCUT2D eigenvalue weighted by molar-refractivity contribution is -0.274. The van der Waals surface area contributed by atoms with Crippen LogP contribution in [-0.4, -0.2) is 56.3 Å². The summed E-state index contributed by atoms with van der Waals surface area (Å²) in [6.45, 7) is 2.23. The minimum Gasteiger partial charge on any atom is -0.406 e. The van der Waals surface area contributed by atoms with E-state index in [4.69, 9.17) is 0 Å². The average molecular weight is 373 g/mol. The monoisotopic (exact) mass is 373 g/mol. The van der Waals surface area contributed by atoms with Crippen LogP contribution in [0.4, 0.5) is 18.9 Å². The molecule has 0 aromatic heterocycles. The third-order valence-corrected chi connectivity index (χ3v) is 4.02. The number of likely N-dealkylation sites (N-methyl/N-ethyl adjacent to an activating group) is 1. The average Bonchev–Trinajstić information content (AvgIpc) is 2.52. The van der Waals surface area contributed by atoms with Crippen LogP contribution < -0.4 is 15.0 Å². The van der Waals surface area contributed by atoms with Crippen LogP contribution in [0.2, 0.25) is 0 Å². The summed E-state index contributed by atoms with van der Waals surface area (Å²) in [6, 6.07) is 3.47. The zero-order chi connectivity index (χ0) is 19.5. The second-order valence-electron chi connectivity index (χ2n) is 6.39. The minimum absolute atomic E-state index is 0.0253. The summed E-state index contributed by atoms with van der Waals surface area (Å²) in [5.74, 6) is -0.810. The van der Waals surface area contributed by atoms with Crippen molar-refractivity contribution in [3.8, 4) is 5.75 Å². The molecule has 0 bridgehead atoms. The highest BCUT2D eigenvalue weighted by molar-refractivity contribution is 5.89. The molecule has 2 amide bonds. The van der Waals surface area contributed by atoms with Crippen molar-refractivity contribution in [1.29, 1.82) is 0 Å². The maximum absolute atomic E-state index is 12.3. The molecular weight excluding hydrogens is 351 g/mol. The summed E-state index contributed by atoms with van der Waals surface area (Å²) >= 11 is 0. The fourth-order valence-electron chi connectivity index (χ4n) is 2.92. The third-order valence-electron chi connectivity index (χ3n) is 4.02. The number of benzene rings is 1. The largest absolute Gasteiger partial charge is 0.573 e. The highest BCUT2D eigenvalue weighted by Gasteiger charge is 2.31. The first-order chi connectivity index (χ1) is 12.1. The van der Waals surface area contributed by atoms with E-state index in [1.807, 2.05) is 0 Å². The van der Waals surface area contributed by atoms with Crippen LogP contribution in [0.5, 0.6) is 5.75 Å². The second-order valence-corrected chi connectivity index (χ2v) is 6.39. The minimum atomic E-state index is -4.74. The van der Waals surface area contributed by atoms with Gasteiger partial charge in [-0.2, -0.15) is 0 Å². The predicted octanol–water partition coefficient (Wildman–Crippen LogP) is 1.93. The van der Waals surface area contributed by atoms with Crippen LogP contribution in [0.1, 0.15) is 18.9 Å². The summed E-state index contributed by atoms with van der Waals surface area (Å²) in [5, 5.41) is 2.64. The van der Waals surface area contributed by atoms with Gasteiger partial charge in [0.25, 0.3) is 0 Å². The molecule has 0 fully saturated rings. The fourth-order valence-corrected chi connectivity index (χ4v) is 2.92. The van der Waals surface area contributed by atoms with Crippen molar-refractivity contribution < 1.29 is 27.5 Å². The first-order valence-corrected chi connectivity index (χ1v) is 8.21. The van der Waals surface area contributed by atoms with Crippen molar-refractivity contribution in [3.63, 3.8) is 0 Å². The highest BCUT2D eigenvalue weighted by atomic mass is 19.4. The Morgan fingerprint density at radius 2 is 2.04 bits per heavy atom. The zero-order valence-corrected chi connectivity index (χ0v) is 14.9. The van der Waals surface area contributed by atoms with E-state index >= 15 is 0 Å². The molecule has 1 aromatic carbocycles. The Labute approximate surface area is 149 Å². The van der Waals surface area contributed by atoms with Gasteiger partial charge < -0.3 is 19.9 Å². The maximum atomic E-state index is 12.3. The number of carbonyl (C=O) groups excluding carboxylic acids is 2. The molecule has 0 saturated heterocycles. The van der Waals surface area contributed by atoms with Gasteiger partial charge in [-0.25, -0.2) is 0 Å². The van der Waals surface area contributed by atoms with E-state index in [0.717, 1.165) is 0 Å². The molecule has 9 heteroatoms. The highest BCUT2D eigenvalue weighted by Crippen LogP contribution is 2.32. The molecule has 6 nitrogen and oxygen atoms in total. The lowest BCUT2D eigenvalue weighted by Gasteiger charge is -2.31. The van der Waals surface area contributed by atoms with Crippen LogP contribution >= 0.6 is 0 Å². The van der Waals surface area contributed by atoms with Crippen LogP contribution in [0.25, 0.3) is 0 Å². The first kappa shape index (κ1) is 19.9. The Balaban J connectivity index is 2.05. The van der Waals surface area contributed by atoms with Crippen molar-refractivity contribution in [2.24, 2.45) is 0 Å². The number of hydrogen-bond acceptors (Lipinski definition) is 4. The standard InChI is InChI=1S/C17H22F3N3O3/c1-11(16(25)22(2)3)21-15(24)10-23-8-4-5-12-9-13(6-7-14(12)23)26-17(18,19)20/h6-7,9,11H,4-5,8,10H2,1-3H3,(H,21,24)/t11-/m0/s1. The van der Waals surface area contributed by atoms with Crippen LogP contribution in [0, 0.1) is 0 Å². The Morgan fingerprint density at radius 1 is 1.35 bits per heavy atom. The van der Waals surface area contributed by atoms with E-state index in [-0.39, 0.29) is 24.1 Å². The number of fused-ring (bicyclic) bond motifs is 1. The number of hydrogen-bond donors (Lipinski definition) is 1. The zero-order valence-electron chi connectivity index (χ0n) is 14.9. The second kappa shape index (κ2) is 7.84. The lowest BCUT2D eigenvalue weighted by atomic mass is 10.0. The SMILES string of the molecule is C[C@H](NC(=O)CN1CCCc2cc(OC(F)(F)F)ccc21)C(=O)N(C)C. The third kappa shape index (κ3) is 5.27. The molecule has 1 aliphatic rings. The van der Waals surface area contributed by atoms with E-state index < -0.39 is 12.4 Å². The number of nitrogens with one attached hydrogen (secondary N) is 1. The number of halogens is 3. The fraction of sp³-hybridized carbons (Fsp3) is 0.529. The Hall–Kier alpha value is -2.45. The van der Waals surface area contributed by atoms with Gasteiger partial charge in [0.2, 0.25) is 11.8 Å². The van der Waals surface area contributed by atoms with E-state index in [1.165, 1.54) is 23.1 Å². The van der Waals surface area contributed by atoms with Crippen molar-refractivity contribution >= 4 is 17.5 Å². The van der Waals surface area contributed by atoms with E-state index in [2.05, 4.69) is 10.1 Å². The number of ether oxygens (including phenoxy) is 1. The molecule has 2 rings (SSSR count). The van der Waals surface area contributed by atoms with Gasteiger partial charge in [0, 0.05) is 26.3 Å². The van der Waals surface area contributed by atoms with Crippen molar-refractivity contribution in [3.05, 3.63) is 23.8 Å². The van der Waals surface area contributed by atoms with Gasteiger partial charge in [0.05, 0.1) is 6.54 Å². The number of carbonyl (C=O) groups is 2. The molecule has 1 aliphatic heterocycles. The van der Waals surface area contributed by atoms with Crippen LogP contribution in [0.3, 0.4) is 0 Å². The molecular formula is C17H22F3N3O3. The smallest absolute Gasteiger partial charge is 0.406 e. The Kier molecular flexibility index (Phi) is 5.99. The van der Waals surface area contributed by atoms with Gasteiger partial charge in [-0.3, -0.25) is 9.59 Å². The van der Waals surface area contributed by atoms with Crippen molar-refractivity contribution in [1.82, 2.24) is 10.2 Å². The molecule has 0 unspecified atom stereocenters. The number of amides is 2. The van der Waals surface area contributed by atoms with Gasteiger partial charge in [-0.15, -0.1) is 13.2 Å². The predicted molar refractivity (Wildman–Crippen MR) is 90.0 cm³/mol. The number of anilines is 1. The molecule has 144 valence electrons. The topological polar surface area (TPSA) is 61.9 Å². The number of nitrogens with zero attached hydrogens (tertiary/aromatic N) is 2. The molecule has 26 heavy (non-hydrogen) atoms. The Bertz CT molecular complexity index is 677. The van der Waals surface area contributed by atoms with Gasteiger partial charge in [0.15, 0.2) is 0 Å². The first-order valence-electron chi connectivity index (χ1n) is 8.21. The summed E-state index contributed by atoms with van der Waals surface area (Å²) in [4.78, 5) is 27.2. The van der Waals surface area contributed by atoms with Gasteiger partial charge >= 0.3 is 6.36 Å². The summed E-state index contributed by atoms with van der Waals surface area (Å²) in [7, 11) is 3.21. The van der Waals surface area contributed by atoms with Crippen LogP contribution in [0.15, 0.2) is 18.2 Å². The quantitative estimate of drug-likeness (QED) is 0.857. The number of rotatable bonds is 5. The summed E-state index contributed by atoms with van der Waals surface area (Å²) < 4.78 is 41.0. The van der Waals surface area contributed by atoms with E-state index in [9.17, 15) is 22.8 Å². The Morgan fingerprint density at radius 3 is 2.65 bits per heavy atom. The lowest BCUT2D eigenvalue weighted by Crippen LogP contribution is -2.48. The maximum Gasteiger partial charge on any atom is 0.573 e. The molecule has 1 N–H and O–H groups in total. The van der Waals surface area contributed by atoms with Gasteiger partial charge in [-0.1, -0.05) is 0 Å². The number of alkyl halides is 3. The van der Waals surface area contributed by atoms with Crippen molar-refractivity contribution in [2.45, 2.75) is 32.2 Å². The molecule has 0 radical (unpaired) electrons. The van der Waals surface area contributed by atoms with Crippen LogP contribution in [-0.2, 0) is 16.0 Å². The normalized spacial score (nSPS) is 15.1. The molecule has 1 heterocycles. The number of aryl methyl sites for hydroxylation is 1. The molecule has 1 atom stereocenters. The molecule has 0 aliphatic carbocycles. The van der Waals surface area contributed by atoms with E-state index in [0.29, 0.717) is 30.6 Å². The summed E-state index contributed by atoms with van der Waals surface area (Å²) in [5.41, 5.74) is 1.40. The van der Waals surface area contributed by atoms with Gasteiger partial charge in [0.1, 0.15) is 11.8 Å². The van der Waals surface area contributed by atoms with E-state index in [1.54, 1.807) is 25.9 Å². The molecule has 1 aromatic rings. The molecule has 0 saturated carbocycles. The molecule has 0 spiro atoms.